The summed E-state index contributed by atoms with van der Waals surface area (Å²) in [6.07, 6.45) is 2.90. The summed E-state index contributed by atoms with van der Waals surface area (Å²) in [4.78, 5) is 12.5. The quantitative estimate of drug-likeness (QED) is 0.807. The molecular weight excluding hydrogens is 382 g/mol. The van der Waals surface area contributed by atoms with E-state index < -0.39 is 10.0 Å². The fourth-order valence-electron chi connectivity index (χ4n) is 2.12. The van der Waals surface area contributed by atoms with Crippen LogP contribution in [0.2, 0.25) is 0 Å². The number of hydrogen-bond acceptors (Lipinski definition) is 3. The molecule has 0 saturated heterocycles. The smallest absolute Gasteiger partial charge is 0.272 e. The highest BCUT2D eigenvalue weighted by molar-refractivity contribution is 9.10. The third kappa shape index (κ3) is 4.59. The molecule has 0 fully saturated rings. The molecule has 0 spiro atoms. The molecule has 0 radical (unpaired) electrons. The maximum absolute atomic E-state index is 12.5. The van der Waals surface area contributed by atoms with E-state index in [1.807, 2.05) is 24.6 Å². The van der Waals surface area contributed by atoms with E-state index >= 15 is 0 Å². The molecule has 1 aromatic heterocycles. The summed E-state index contributed by atoms with van der Waals surface area (Å²) in [5.74, 6) is -0.313. The fourth-order valence-corrected chi connectivity index (χ4v) is 3.14. The van der Waals surface area contributed by atoms with E-state index in [9.17, 15) is 13.2 Å². The Kier molecular flexibility index (Phi) is 5.16. The first-order chi connectivity index (χ1) is 10.7. The normalized spacial score (nSPS) is 11.5. The second-order valence-corrected chi connectivity index (χ2v) is 8.08. The van der Waals surface area contributed by atoms with Crippen LogP contribution in [0.4, 0.5) is 11.4 Å². The molecule has 0 aliphatic rings. The van der Waals surface area contributed by atoms with Crippen LogP contribution < -0.4 is 10.0 Å². The summed E-state index contributed by atoms with van der Waals surface area (Å²) in [6, 6.07) is 8.49. The second-order valence-electron chi connectivity index (χ2n) is 5.42. The fraction of sp³-hybridized carbons (Fsp3) is 0.267. The molecule has 0 saturated carbocycles. The number of rotatable bonds is 5. The Morgan fingerprint density at radius 1 is 1.22 bits per heavy atom. The number of sulfonamides is 1. The van der Waals surface area contributed by atoms with Gasteiger partial charge in [-0.1, -0.05) is 12.1 Å². The first-order valence-corrected chi connectivity index (χ1v) is 9.61. The van der Waals surface area contributed by atoms with Crippen molar-refractivity contribution in [2.75, 3.05) is 16.3 Å². The van der Waals surface area contributed by atoms with Crippen LogP contribution in [0.15, 0.2) is 41.0 Å². The average Bonchev–Trinajstić information content (AvgIpc) is 2.82. The van der Waals surface area contributed by atoms with Crippen molar-refractivity contribution in [3.8, 4) is 0 Å². The van der Waals surface area contributed by atoms with Gasteiger partial charge in [-0.15, -0.1) is 0 Å². The van der Waals surface area contributed by atoms with Gasteiger partial charge in [0.1, 0.15) is 5.69 Å². The number of aromatic nitrogens is 1. The van der Waals surface area contributed by atoms with Crippen LogP contribution in [0.5, 0.6) is 0 Å². The van der Waals surface area contributed by atoms with Gasteiger partial charge in [-0.05, 0) is 48.0 Å². The molecule has 1 aromatic carbocycles. The Hall–Kier alpha value is -1.80. The molecule has 2 N–H and O–H groups in total. The van der Waals surface area contributed by atoms with E-state index in [0.717, 1.165) is 10.7 Å². The minimum Gasteiger partial charge on any atom is -0.340 e. The van der Waals surface area contributed by atoms with E-state index in [4.69, 9.17) is 0 Å². The molecule has 0 aliphatic heterocycles. The van der Waals surface area contributed by atoms with Gasteiger partial charge in [0.25, 0.3) is 5.91 Å². The third-order valence-electron chi connectivity index (χ3n) is 3.07. The first-order valence-electron chi connectivity index (χ1n) is 6.93. The lowest BCUT2D eigenvalue weighted by Crippen LogP contribution is -2.19. The van der Waals surface area contributed by atoms with Gasteiger partial charge in [-0.25, -0.2) is 8.42 Å². The van der Waals surface area contributed by atoms with Gasteiger partial charge < -0.3 is 9.88 Å². The third-order valence-corrected chi connectivity index (χ3v) is 4.10. The molecule has 0 atom stereocenters. The number of anilines is 2. The molecule has 1 heterocycles. The van der Waals surface area contributed by atoms with Gasteiger partial charge in [0, 0.05) is 16.7 Å². The van der Waals surface area contributed by atoms with Crippen molar-refractivity contribution < 1.29 is 13.2 Å². The predicted octanol–water partition coefficient (Wildman–Crippen LogP) is 3.46. The van der Waals surface area contributed by atoms with E-state index in [0.29, 0.717) is 17.1 Å². The van der Waals surface area contributed by atoms with Crippen LogP contribution in [0.25, 0.3) is 0 Å². The molecule has 8 heteroatoms. The molecule has 124 valence electrons. The van der Waals surface area contributed by atoms with Crippen molar-refractivity contribution in [2.24, 2.45) is 0 Å². The van der Waals surface area contributed by atoms with Gasteiger partial charge in [0.15, 0.2) is 0 Å². The Balaban J connectivity index is 2.31. The van der Waals surface area contributed by atoms with Crippen molar-refractivity contribution in [2.45, 2.75) is 19.9 Å². The number of para-hydroxylation sites is 2. The highest BCUT2D eigenvalue weighted by atomic mass is 79.9. The van der Waals surface area contributed by atoms with E-state index in [2.05, 4.69) is 26.0 Å². The van der Waals surface area contributed by atoms with Gasteiger partial charge in [0.05, 0.1) is 17.6 Å². The lowest BCUT2D eigenvalue weighted by Gasteiger charge is -2.15. The molecule has 1 amide bonds. The number of carbonyl (C=O) groups excluding carboxylic acids is 1. The van der Waals surface area contributed by atoms with Crippen molar-refractivity contribution in [1.29, 1.82) is 0 Å². The van der Waals surface area contributed by atoms with Crippen LogP contribution in [-0.2, 0) is 10.0 Å². The minimum atomic E-state index is -3.43. The maximum Gasteiger partial charge on any atom is 0.272 e. The highest BCUT2D eigenvalue weighted by Gasteiger charge is 2.17. The first kappa shape index (κ1) is 17.6. The summed E-state index contributed by atoms with van der Waals surface area (Å²) in [5.41, 5.74) is 1.21. The maximum atomic E-state index is 12.5. The highest BCUT2D eigenvalue weighted by Crippen LogP contribution is 2.24. The number of benzene rings is 1. The summed E-state index contributed by atoms with van der Waals surface area (Å²) >= 11 is 3.37. The van der Waals surface area contributed by atoms with Crippen molar-refractivity contribution in [3.63, 3.8) is 0 Å². The van der Waals surface area contributed by atoms with Crippen LogP contribution in [0.3, 0.4) is 0 Å². The summed E-state index contributed by atoms with van der Waals surface area (Å²) < 4.78 is 27.9. The van der Waals surface area contributed by atoms with Crippen molar-refractivity contribution in [1.82, 2.24) is 4.57 Å². The Morgan fingerprint density at radius 2 is 1.83 bits per heavy atom. The Morgan fingerprint density at radius 3 is 2.39 bits per heavy atom. The minimum absolute atomic E-state index is 0.117. The Labute approximate surface area is 144 Å². The van der Waals surface area contributed by atoms with Crippen molar-refractivity contribution >= 4 is 43.2 Å². The van der Waals surface area contributed by atoms with E-state index in [1.54, 1.807) is 30.3 Å². The summed E-state index contributed by atoms with van der Waals surface area (Å²) in [6.45, 7) is 3.95. The van der Waals surface area contributed by atoms with Gasteiger partial charge in [-0.2, -0.15) is 0 Å². The molecule has 2 rings (SSSR count). The van der Waals surface area contributed by atoms with Crippen LogP contribution >= 0.6 is 15.9 Å². The molecule has 0 bridgehead atoms. The van der Waals surface area contributed by atoms with Crippen LogP contribution in [0.1, 0.15) is 30.4 Å². The largest absolute Gasteiger partial charge is 0.340 e. The summed E-state index contributed by atoms with van der Waals surface area (Å²) in [5, 5.41) is 2.75. The van der Waals surface area contributed by atoms with Crippen LogP contribution in [-0.4, -0.2) is 25.1 Å². The van der Waals surface area contributed by atoms with Crippen LogP contribution in [0, 0.1) is 0 Å². The Bertz CT molecular complexity index is 828. The SMILES string of the molecule is CC(C)n1cc(Br)cc1C(=O)Nc1ccccc1NS(C)(=O)=O. The molecular formula is C15H18BrN3O3S. The van der Waals surface area contributed by atoms with E-state index in [-0.39, 0.29) is 11.9 Å². The topological polar surface area (TPSA) is 80.2 Å². The van der Waals surface area contributed by atoms with Gasteiger partial charge in [0.2, 0.25) is 10.0 Å². The number of amides is 1. The second kappa shape index (κ2) is 6.76. The number of nitrogens with one attached hydrogen (secondary N) is 2. The van der Waals surface area contributed by atoms with Gasteiger partial charge in [-0.3, -0.25) is 9.52 Å². The zero-order valence-electron chi connectivity index (χ0n) is 13.0. The zero-order chi connectivity index (χ0) is 17.2. The van der Waals surface area contributed by atoms with E-state index in [1.165, 1.54) is 0 Å². The molecule has 6 nitrogen and oxygen atoms in total. The number of halogens is 1. The molecule has 0 aliphatic carbocycles. The van der Waals surface area contributed by atoms with Crippen molar-refractivity contribution in [3.05, 3.63) is 46.7 Å². The molecule has 23 heavy (non-hydrogen) atoms. The number of hydrogen-bond donors (Lipinski definition) is 2. The lowest BCUT2D eigenvalue weighted by molar-refractivity contribution is 0.101. The van der Waals surface area contributed by atoms with Gasteiger partial charge >= 0.3 is 0 Å². The number of carbonyl (C=O) groups is 1. The monoisotopic (exact) mass is 399 g/mol. The predicted molar refractivity (Wildman–Crippen MR) is 95.4 cm³/mol. The lowest BCUT2D eigenvalue weighted by atomic mass is 10.2. The average molecular weight is 400 g/mol. The standard InChI is InChI=1S/C15H18BrN3O3S/c1-10(2)19-9-11(16)8-14(19)15(20)17-12-6-4-5-7-13(12)18-23(3,21)22/h4-10,18H,1-3H3,(H,17,20). The molecule has 2 aromatic rings. The zero-order valence-corrected chi connectivity index (χ0v) is 15.4. The summed E-state index contributed by atoms with van der Waals surface area (Å²) in [7, 11) is -3.43. The number of nitrogens with zero attached hydrogens (tertiary/aromatic N) is 1. The molecule has 0 unspecified atom stereocenters.